The number of aromatic nitrogens is 2. The van der Waals surface area contributed by atoms with Gasteiger partial charge in [-0.3, -0.25) is 9.59 Å². The van der Waals surface area contributed by atoms with E-state index in [4.69, 9.17) is 0 Å². The Morgan fingerprint density at radius 2 is 2.64 bits per heavy atom. The van der Waals surface area contributed by atoms with Crippen molar-refractivity contribution in [1.82, 2.24) is 9.78 Å². The zero-order valence-corrected chi connectivity index (χ0v) is 6.63. The molecule has 0 spiro atoms. The lowest BCUT2D eigenvalue weighted by Crippen LogP contribution is -2.21. The number of rotatable bonds is 2. The lowest BCUT2D eigenvalue weighted by Gasteiger charge is -1.95. The van der Waals surface area contributed by atoms with E-state index in [-0.39, 0.29) is 11.4 Å². The Bertz CT molecular complexity index is 303. The zero-order valence-electron chi connectivity index (χ0n) is 5.81. The van der Waals surface area contributed by atoms with Crippen molar-refractivity contribution in [1.29, 1.82) is 0 Å². The third-order valence-corrected chi connectivity index (χ3v) is 1.67. The second-order valence-corrected chi connectivity index (χ2v) is 2.53. The highest BCUT2D eigenvalue weighted by Crippen LogP contribution is 1.84. The van der Waals surface area contributed by atoms with Crippen molar-refractivity contribution in [2.45, 2.75) is 6.54 Å². The maximum absolute atomic E-state index is 10.8. The summed E-state index contributed by atoms with van der Waals surface area (Å²) in [5, 5.41) is 3.63. The van der Waals surface area contributed by atoms with Crippen LogP contribution in [0.15, 0.2) is 10.3 Å². The molecule has 0 N–H and O–H groups in total. The Morgan fingerprint density at radius 1 is 1.91 bits per heavy atom. The first-order valence-corrected chi connectivity index (χ1v) is 3.69. The Labute approximate surface area is 66.2 Å². The lowest BCUT2D eigenvalue weighted by molar-refractivity contribution is -0.141. The molecule has 0 fully saturated rings. The molecule has 0 radical (unpaired) electrons. The quantitative estimate of drug-likeness (QED) is 0.566. The van der Waals surface area contributed by atoms with Gasteiger partial charge >= 0.3 is 10.8 Å². The maximum atomic E-state index is 10.8. The number of carbonyl (C=O) groups excluding carboxylic acids is 1. The van der Waals surface area contributed by atoms with Crippen LogP contribution in [0.3, 0.4) is 0 Å². The largest absolute Gasteiger partial charge is 0.468 e. The van der Waals surface area contributed by atoms with E-state index in [9.17, 15) is 9.59 Å². The fourth-order valence-electron chi connectivity index (χ4n) is 0.526. The number of hydrogen-bond donors (Lipinski definition) is 0. The van der Waals surface area contributed by atoms with E-state index in [1.54, 1.807) is 0 Å². The minimum atomic E-state index is -0.474. The Balaban J connectivity index is 2.72. The minimum Gasteiger partial charge on any atom is -0.468 e. The van der Waals surface area contributed by atoms with Crippen molar-refractivity contribution >= 4 is 17.3 Å². The first kappa shape index (κ1) is 7.93. The molecule has 0 aliphatic heterocycles. The summed E-state index contributed by atoms with van der Waals surface area (Å²) in [7, 11) is 1.26. The first-order chi connectivity index (χ1) is 5.24. The van der Waals surface area contributed by atoms with Crippen LogP contribution in [-0.2, 0) is 16.1 Å². The molecule has 0 saturated carbocycles. The molecule has 0 saturated heterocycles. The highest BCUT2D eigenvalue weighted by molar-refractivity contribution is 7.06. The molecule has 60 valence electrons. The van der Waals surface area contributed by atoms with Gasteiger partial charge in [-0.25, -0.2) is 4.68 Å². The molecule has 1 rings (SSSR count). The Kier molecular flexibility index (Phi) is 2.37. The Morgan fingerprint density at radius 3 is 3.09 bits per heavy atom. The van der Waals surface area contributed by atoms with Crippen molar-refractivity contribution < 1.29 is 9.53 Å². The van der Waals surface area contributed by atoms with E-state index in [2.05, 4.69) is 9.84 Å². The second-order valence-electron chi connectivity index (χ2n) is 1.74. The van der Waals surface area contributed by atoms with E-state index in [0.29, 0.717) is 0 Å². The van der Waals surface area contributed by atoms with E-state index >= 15 is 0 Å². The summed E-state index contributed by atoms with van der Waals surface area (Å²) in [6.45, 7) is -0.112. The fourth-order valence-corrected chi connectivity index (χ4v) is 1.01. The monoisotopic (exact) mass is 174 g/mol. The van der Waals surface area contributed by atoms with Crippen LogP contribution >= 0.6 is 11.3 Å². The molecule has 0 aliphatic carbocycles. The standard InChI is InChI=1S/C5H6N2O3S/c1-10-4(8)2-7-5(9)11-3-6-7/h3H,2H2,1H3. The highest BCUT2D eigenvalue weighted by atomic mass is 32.1. The molecule has 11 heavy (non-hydrogen) atoms. The van der Waals surface area contributed by atoms with Gasteiger partial charge in [0, 0.05) is 0 Å². The molecule has 0 amide bonds. The summed E-state index contributed by atoms with van der Waals surface area (Å²) < 4.78 is 5.40. The van der Waals surface area contributed by atoms with Gasteiger partial charge in [0.15, 0.2) is 0 Å². The minimum absolute atomic E-state index is 0.112. The number of carbonyl (C=O) groups is 1. The number of hydrogen-bond acceptors (Lipinski definition) is 5. The summed E-state index contributed by atoms with van der Waals surface area (Å²) in [4.78, 5) is 21.1. The maximum Gasteiger partial charge on any atom is 0.327 e. The molecule has 6 heteroatoms. The van der Waals surface area contributed by atoms with Gasteiger partial charge in [0.1, 0.15) is 12.1 Å². The third-order valence-electron chi connectivity index (χ3n) is 1.06. The highest BCUT2D eigenvalue weighted by Gasteiger charge is 2.04. The van der Waals surface area contributed by atoms with Crippen LogP contribution in [-0.4, -0.2) is 22.9 Å². The lowest BCUT2D eigenvalue weighted by atomic mass is 10.7. The number of esters is 1. The molecule has 1 aromatic rings. The molecule has 0 bridgehead atoms. The van der Waals surface area contributed by atoms with Crippen molar-refractivity contribution in [2.24, 2.45) is 0 Å². The van der Waals surface area contributed by atoms with Crippen LogP contribution in [0.25, 0.3) is 0 Å². The van der Waals surface area contributed by atoms with Gasteiger partial charge in [-0.05, 0) is 0 Å². The molecular weight excluding hydrogens is 168 g/mol. The van der Waals surface area contributed by atoms with Crippen LogP contribution in [0.1, 0.15) is 0 Å². The SMILES string of the molecule is COC(=O)Cn1ncsc1=O. The summed E-state index contributed by atoms with van der Waals surface area (Å²) in [5.74, 6) is -0.474. The van der Waals surface area contributed by atoms with Gasteiger partial charge in [-0.1, -0.05) is 11.3 Å². The van der Waals surface area contributed by atoms with Gasteiger partial charge in [-0.2, -0.15) is 5.10 Å². The van der Waals surface area contributed by atoms with Crippen LogP contribution in [0.2, 0.25) is 0 Å². The van der Waals surface area contributed by atoms with E-state index in [1.807, 2.05) is 0 Å². The smallest absolute Gasteiger partial charge is 0.327 e. The van der Waals surface area contributed by atoms with Crippen LogP contribution in [0.5, 0.6) is 0 Å². The summed E-state index contributed by atoms with van der Waals surface area (Å²) in [5.41, 5.74) is 1.38. The number of nitrogens with zero attached hydrogens (tertiary/aromatic N) is 2. The zero-order chi connectivity index (χ0) is 8.27. The molecule has 0 atom stereocenters. The van der Waals surface area contributed by atoms with Crippen LogP contribution in [0.4, 0.5) is 0 Å². The predicted octanol–water partition coefficient (Wildman–Crippen LogP) is -0.522. The van der Waals surface area contributed by atoms with Gasteiger partial charge in [0.2, 0.25) is 0 Å². The van der Waals surface area contributed by atoms with Crippen LogP contribution in [0, 0.1) is 0 Å². The molecule has 1 aromatic heterocycles. The van der Waals surface area contributed by atoms with Gasteiger partial charge in [-0.15, -0.1) is 0 Å². The molecule has 0 aromatic carbocycles. The summed E-state index contributed by atoms with van der Waals surface area (Å²) in [6, 6.07) is 0. The fraction of sp³-hybridized carbons (Fsp3) is 0.400. The summed E-state index contributed by atoms with van der Waals surface area (Å²) >= 11 is 0.945. The van der Waals surface area contributed by atoms with Gasteiger partial charge in [0.25, 0.3) is 0 Å². The average Bonchev–Trinajstić information content (AvgIpc) is 2.37. The average molecular weight is 174 g/mol. The normalized spacial score (nSPS) is 9.55. The molecular formula is C5H6N2O3S. The third kappa shape index (κ3) is 1.87. The van der Waals surface area contributed by atoms with Crippen molar-refractivity contribution in [2.75, 3.05) is 7.11 Å². The van der Waals surface area contributed by atoms with Crippen molar-refractivity contribution in [3.8, 4) is 0 Å². The second kappa shape index (κ2) is 3.29. The molecule has 0 aliphatic rings. The molecule has 1 heterocycles. The molecule has 5 nitrogen and oxygen atoms in total. The molecule has 0 unspecified atom stereocenters. The van der Waals surface area contributed by atoms with E-state index in [0.717, 1.165) is 16.0 Å². The first-order valence-electron chi connectivity index (χ1n) is 2.81. The van der Waals surface area contributed by atoms with Gasteiger partial charge < -0.3 is 4.74 Å². The predicted molar refractivity (Wildman–Crippen MR) is 38.4 cm³/mol. The Hall–Kier alpha value is -1.17. The van der Waals surface area contributed by atoms with E-state index < -0.39 is 5.97 Å². The van der Waals surface area contributed by atoms with Crippen molar-refractivity contribution in [3.05, 3.63) is 15.2 Å². The van der Waals surface area contributed by atoms with Crippen LogP contribution < -0.4 is 4.87 Å². The number of methoxy groups -OCH3 is 1. The number of ether oxygens (including phenoxy) is 1. The van der Waals surface area contributed by atoms with E-state index in [1.165, 1.54) is 12.6 Å². The van der Waals surface area contributed by atoms with Gasteiger partial charge in [0.05, 0.1) is 7.11 Å². The topological polar surface area (TPSA) is 61.2 Å². The van der Waals surface area contributed by atoms with Crippen molar-refractivity contribution in [3.63, 3.8) is 0 Å². The summed E-state index contributed by atoms with van der Waals surface area (Å²) in [6.07, 6.45) is 0.